The Morgan fingerprint density at radius 1 is 1.47 bits per heavy atom. The van der Waals surface area contributed by atoms with Crippen LogP contribution >= 0.6 is 15.9 Å². The molecule has 3 saturated carbocycles. The third-order valence-electron chi connectivity index (χ3n) is 3.83. The van der Waals surface area contributed by atoms with E-state index in [1.807, 2.05) is 12.1 Å². The molecule has 0 radical (unpaired) electrons. The van der Waals surface area contributed by atoms with E-state index in [4.69, 9.17) is 4.74 Å². The van der Waals surface area contributed by atoms with Gasteiger partial charge in [0.15, 0.2) is 0 Å². The summed E-state index contributed by atoms with van der Waals surface area (Å²) in [7, 11) is 1.60. The highest BCUT2D eigenvalue weighted by molar-refractivity contribution is 9.10. The highest BCUT2D eigenvalue weighted by atomic mass is 79.9. The smallest absolute Gasteiger partial charge is 0.251 e. The number of carbonyl (C=O) groups excluding carboxylic acids is 1. The van der Waals surface area contributed by atoms with E-state index in [0.717, 1.165) is 29.7 Å². The number of ether oxygens (including phenoxy) is 1. The molecule has 0 unspecified atom stereocenters. The molecule has 1 amide bonds. The Kier molecular flexibility index (Phi) is 2.43. The fraction of sp³-hybridized carbons (Fsp3) is 0.462. The normalized spacial score (nSPS) is 28.9. The summed E-state index contributed by atoms with van der Waals surface area (Å²) in [6.45, 7) is 0. The number of amides is 1. The maximum Gasteiger partial charge on any atom is 0.251 e. The lowest BCUT2D eigenvalue weighted by molar-refractivity contribution is -0.0438. The molecule has 4 heteroatoms. The van der Waals surface area contributed by atoms with Crippen molar-refractivity contribution in [3.8, 4) is 5.75 Å². The summed E-state index contributed by atoms with van der Waals surface area (Å²) in [4.78, 5) is 12.1. The van der Waals surface area contributed by atoms with Gasteiger partial charge < -0.3 is 10.1 Å². The SMILES string of the molecule is COc1cc(C(=O)NC23CC(C2)C3)ccc1Br. The minimum Gasteiger partial charge on any atom is -0.496 e. The number of nitrogens with one attached hydrogen (secondary N) is 1. The Bertz CT molecular complexity index is 469. The number of halogens is 1. The van der Waals surface area contributed by atoms with Crippen molar-refractivity contribution in [3.05, 3.63) is 28.2 Å². The van der Waals surface area contributed by atoms with Crippen molar-refractivity contribution in [2.75, 3.05) is 7.11 Å². The number of hydrogen-bond donors (Lipinski definition) is 1. The van der Waals surface area contributed by atoms with Gasteiger partial charge in [-0.25, -0.2) is 0 Å². The van der Waals surface area contributed by atoms with Crippen molar-refractivity contribution in [2.45, 2.75) is 24.8 Å². The third-order valence-corrected chi connectivity index (χ3v) is 4.49. The van der Waals surface area contributed by atoms with Crippen LogP contribution in [0.5, 0.6) is 5.75 Å². The second-order valence-electron chi connectivity index (χ2n) is 5.06. The maximum absolute atomic E-state index is 12.1. The van der Waals surface area contributed by atoms with Crippen molar-refractivity contribution < 1.29 is 9.53 Å². The van der Waals surface area contributed by atoms with Crippen LogP contribution in [0, 0.1) is 5.92 Å². The monoisotopic (exact) mass is 295 g/mol. The highest BCUT2D eigenvalue weighted by Gasteiger charge is 2.57. The Hall–Kier alpha value is -1.03. The minimum absolute atomic E-state index is 0.00829. The first kappa shape index (κ1) is 11.1. The van der Waals surface area contributed by atoms with Gasteiger partial charge >= 0.3 is 0 Å². The molecule has 90 valence electrons. The van der Waals surface area contributed by atoms with Crippen molar-refractivity contribution in [1.82, 2.24) is 5.32 Å². The van der Waals surface area contributed by atoms with Gasteiger partial charge in [0.05, 0.1) is 11.6 Å². The van der Waals surface area contributed by atoms with E-state index in [1.54, 1.807) is 13.2 Å². The summed E-state index contributed by atoms with van der Waals surface area (Å²) >= 11 is 3.38. The number of methoxy groups -OCH3 is 1. The summed E-state index contributed by atoms with van der Waals surface area (Å²) in [5.74, 6) is 1.57. The minimum atomic E-state index is 0.00829. The summed E-state index contributed by atoms with van der Waals surface area (Å²) in [6, 6.07) is 5.42. The average Bonchev–Trinajstić information content (AvgIpc) is 2.22. The molecule has 0 spiro atoms. The van der Waals surface area contributed by atoms with E-state index in [1.165, 1.54) is 0 Å². The van der Waals surface area contributed by atoms with E-state index >= 15 is 0 Å². The summed E-state index contributed by atoms with van der Waals surface area (Å²) in [5, 5.41) is 3.14. The lowest BCUT2D eigenvalue weighted by atomic mass is 9.50. The molecule has 1 aromatic carbocycles. The van der Waals surface area contributed by atoms with E-state index in [2.05, 4.69) is 21.2 Å². The van der Waals surface area contributed by atoms with Crippen LogP contribution in [0.15, 0.2) is 22.7 Å². The molecule has 0 heterocycles. The fourth-order valence-corrected chi connectivity index (χ4v) is 3.15. The molecule has 0 atom stereocenters. The molecule has 0 aliphatic heterocycles. The molecular weight excluding hydrogens is 282 g/mol. The third kappa shape index (κ3) is 1.75. The molecule has 0 aromatic heterocycles. The zero-order valence-electron chi connectivity index (χ0n) is 9.63. The van der Waals surface area contributed by atoms with Gasteiger partial charge in [-0.3, -0.25) is 4.79 Å². The van der Waals surface area contributed by atoms with E-state index in [9.17, 15) is 4.79 Å². The molecule has 3 aliphatic rings. The molecule has 3 nitrogen and oxygen atoms in total. The van der Waals surface area contributed by atoms with Gasteiger partial charge in [0.25, 0.3) is 5.91 Å². The van der Waals surface area contributed by atoms with E-state index < -0.39 is 0 Å². The predicted molar refractivity (Wildman–Crippen MR) is 68.2 cm³/mol. The lowest BCUT2D eigenvalue weighted by Crippen LogP contribution is -2.68. The summed E-state index contributed by atoms with van der Waals surface area (Å²) in [6.07, 6.45) is 3.48. The van der Waals surface area contributed by atoms with Crippen LogP contribution < -0.4 is 10.1 Å². The van der Waals surface area contributed by atoms with Crippen LogP contribution in [0.3, 0.4) is 0 Å². The van der Waals surface area contributed by atoms with Gasteiger partial charge in [-0.1, -0.05) is 0 Å². The molecule has 2 bridgehead atoms. The zero-order chi connectivity index (χ0) is 12.0. The van der Waals surface area contributed by atoms with E-state index in [0.29, 0.717) is 11.3 Å². The van der Waals surface area contributed by atoms with Gasteiger partial charge in [0.1, 0.15) is 5.75 Å². The lowest BCUT2D eigenvalue weighted by Gasteiger charge is -2.61. The standard InChI is InChI=1S/C13H14BrNO2/c1-17-11-4-9(2-3-10(11)14)12(16)15-13-5-8(6-13)7-13/h2-4,8H,5-7H2,1H3,(H,15,16). The van der Waals surface area contributed by atoms with Crippen LogP contribution in [-0.4, -0.2) is 18.6 Å². The first-order chi connectivity index (χ1) is 8.12. The fourth-order valence-electron chi connectivity index (χ4n) is 2.75. The van der Waals surface area contributed by atoms with E-state index in [-0.39, 0.29) is 11.4 Å². The largest absolute Gasteiger partial charge is 0.496 e. The second-order valence-corrected chi connectivity index (χ2v) is 5.92. The van der Waals surface area contributed by atoms with Gasteiger partial charge in [-0.2, -0.15) is 0 Å². The van der Waals surface area contributed by atoms with Gasteiger partial charge in [0, 0.05) is 11.1 Å². The van der Waals surface area contributed by atoms with Crippen LogP contribution in [0.1, 0.15) is 29.6 Å². The van der Waals surface area contributed by atoms with Gasteiger partial charge in [-0.05, 0) is 59.3 Å². The molecule has 1 aromatic rings. The van der Waals surface area contributed by atoms with Crippen LogP contribution in [0.25, 0.3) is 0 Å². The first-order valence-corrected chi connectivity index (χ1v) is 6.57. The number of rotatable bonds is 3. The number of carbonyl (C=O) groups is 1. The van der Waals surface area contributed by atoms with Gasteiger partial charge in [0.2, 0.25) is 0 Å². The Labute approximate surface area is 109 Å². The molecule has 1 N–H and O–H groups in total. The van der Waals surface area contributed by atoms with Crippen molar-refractivity contribution in [1.29, 1.82) is 0 Å². The maximum atomic E-state index is 12.1. The highest BCUT2D eigenvalue weighted by Crippen LogP contribution is 2.57. The Morgan fingerprint density at radius 3 is 2.71 bits per heavy atom. The molecular formula is C13H14BrNO2. The average molecular weight is 296 g/mol. The topological polar surface area (TPSA) is 38.3 Å². The zero-order valence-corrected chi connectivity index (χ0v) is 11.2. The quantitative estimate of drug-likeness (QED) is 0.931. The van der Waals surface area contributed by atoms with Crippen molar-refractivity contribution in [3.63, 3.8) is 0 Å². The molecule has 0 saturated heterocycles. The van der Waals surface area contributed by atoms with Gasteiger partial charge in [-0.15, -0.1) is 0 Å². The second kappa shape index (κ2) is 3.73. The molecule has 3 aliphatic carbocycles. The summed E-state index contributed by atoms with van der Waals surface area (Å²) < 4.78 is 6.05. The first-order valence-electron chi connectivity index (χ1n) is 5.78. The van der Waals surface area contributed by atoms with Crippen molar-refractivity contribution in [2.24, 2.45) is 5.92 Å². The van der Waals surface area contributed by atoms with Crippen LogP contribution in [0.4, 0.5) is 0 Å². The number of benzene rings is 1. The Balaban J connectivity index is 1.76. The Morgan fingerprint density at radius 2 is 2.18 bits per heavy atom. The van der Waals surface area contributed by atoms with Crippen molar-refractivity contribution >= 4 is 21.8 Å². The predicted octanol–water partition coefficient (Wildman–Crippen LogP) is 2.74. The molecule has 3 fully saturated rings. The number of hydrogen-bond acceptors (Lipinski definition) is 2. The summed E-state index contributed by atoms with van der Waals surface area (Å²) in [5.41, 5.74) is 0.789. The molecule has 17 heavy (non-hydrogen) atoms. The van der Waals surface area contributed by atoms with Crippen LogP contribution in [-0.2, 0) is 0 Å². The van der Waals surface area contributed by atoms with Crippen LogP contribution in [0.2, 0.25) is 0 Å². The molecule has 4 rings (SSSR count).